The van der Waals surface area contributed by atoms with Crippen molar-refractivity contribution in [1.82, 2.24) is 14.4 Å². The Labute approximate surface area is 195 Å². The molecule has 0 spiro atoms. The van der Waals surface area contributed by atoms with E-state index in [2.05, 4.69) is 35.2 Å². The zero-order valence-corrected chi connectivity index (χ0v) is 19.5. The summed E-state index contributed by atoms with van der Waals surface area (Å²) in [6.07, 6.45) is 3.46. The number of carbonyl (C=O) groups is 2. The SMILES string of the molecule is Cc1c2c(c(C)n1-c1ccccc1)C(=O)N(CCN1CCC(Cc3ccccc3)CC1)C2=O. The average molecular weight is 442 g/mol. The number of para-hydroxylation sites is 1. The lowest BCUT2D eigenvalue weighted by Gasteiger charge is -2.32. The molecule has 1 saturated heterocycles. The van der Waals surface area contributed by atoms with Gasteiger partial charge in [-0.3, -0.25) is 14.5 Å². The minimum Gasteiger partial charge on any atom is -0.317 e. The van der Waals surface area contributed by atoms with Gasteiger partial charge in [0.2, 0.25) is 0 Å². The molecule has 2 amide bonds. The highest BCUT2D eigenvalue weighted by Crippen LogP contribution is 2.33. The maximum absolute atomic E-state index is 13.2. The molecule has 0 N–H and O–H groups in total. The Balaban J connectivity index is 1.21. The highest BCUT2D eigenvalue weighted by Gasteiger charge is 2.41. The fourth-order valence-electron chi connectivity index (χ4n) is 5.49. The van der Waals surface area contributed by atoms with Gasteiger partial charge in [0.25, 0.3) is 11.8 Å². The fourth-order valence-corrected chi connectivity index (χ4v) is 5.49. The molecule has 0 atom stereocenters. The van der Waals surface area contributed by atoms with Crippen LogP contribution in [0.5, 0.6) is 0 Å². The van der Waals surface area contributed by atoms with Gasteiger partial charge in [0.05, 0.1) is 11.1 Å². The molecule has 0 bridgehead atoms. The van der Waals surface area contributed by atoms with Crippen LogP contribution in [-0.2, 0) is 6.42 Å². The van der Waals surface area contributed by atoms with E-state index in [9.17, 15) is 9.59 Å². The van der Waals surface area contributed by atoms with E-state index >= 15 is 0 Å². The molecule has 1 aromatic heterocycles. The third kappa shape index (κ3) is 4.02. The third-order valence-electron chi connectivity index (χ3n) is 7.29. The molecule has 0 aliphatic carbocycles. The number of fused-ring (bicyclic) bond motifs is 1. The van der Waals surface area contributed by atoms with Crippen molar-refractivity contribution in [1.29, 1.82) is 0 Å². The van der Waals surface area contributed by atoms with Crippen molar-refractivity contribution in [2.24, 2.45) is 5.92 Å². The second-order valence-electron chi connectivity index (χ2n) is 9.33. The number of likely N-dealkylation sites (tertiary alicyclic amines) is 1. The summed E-state index contributed by atoms with van der Waals surface area (Å²) in [6, 6.07) is 20.6. The second kappa shape index (κ2) is 8.99. The van der Waals surface area contributed by atoms with Crippen LogP contribution in [0, 0.1) is 19.8 Å². The fraction of sp³-hybridized carbons (Fsp3) is 0.357. The Morgan fingerprint density at radius 2 is 1.30 bits per heavy atom. The lowest BCUT2D eigenvalue weighted by atomic mass is 9.90. The number of hydrogen-bond acceptors (Lipinski definition) is 3. The number of carbonyl (C=O) groups excluding carboxylic acids is 2. The Kier molecular flexibility index (Phi) is 5.90. The molecular formula is C28H31N3O2. The molecule has 1 fully saturated rings. The van der Waals surface area contributed by atoms with Crippen molar-refractivity contribution in [2.45, 2.75) is 33.1 Å². The monoisotopic (exact) mass is 441 g/mol. The van der Waals surface area contributed by atoms with Gasteiger partial charge in [-0.15, -0.1) is 0 Å². The van der Waals surface area contributed by atoms with Crippen molar-refractivity contribution >= 4 is 11.8 Å². The van der Waals surface area contributed by atoms with E-state index in [1.165, 1.54) is 10.5 Å². The third-order valence-corrected chi connectivity index (χ3v) is 7.29. The molecular weight excluding hydrogens is 410 g/mol. The molecule has 3 aromatic rings. The van der Waals surface area contributed by atoms with Crippen LogP contribution in [0.1, 0.15) is 50.5 Å². The first-order valence-electron chi connectivity index (χ1n) is 11.9. The van der Waals surface area contributed by atoms with Gasteiger partial charge in [-0.25, -0.2) is 0 Å². The van der Waals surface area contributed by atoms with Gasteiger partial charge >= 0.3 is 0 Å². The number of aromatic nitrogens is 1. The van der Waals surface area contributed by atoms with Crippen LogP contribution < -0.4 is 0 Å². The van der Waals surface area contributed by atoms with Crippen LogP contribution in [0.15, 0.2) is 60.7 Å². The van der Waals surface area contributed by atoms with E-state index < -0.39 is 0 Å². The summed E-state index contributed by atoms with van der Waals surface area (Å²) < 4.78 is 2.02. The van der Waals surface area contributed by atoms with E-state index in [4.69, 9.17) is 0 Å². The maximum Gasteiger partial charge on any atom is 0.263 e. The van der Waals surface area contributed by atoms with Crippen molar-refractivity contribution in [3.05, 3.63) is 88.7 Å². The van der Waals surface area contributed by atoms with E-state index in [0.29, 0.717) is 23.6 Å². The van der Waals surface area contributed by atoms with Gasteiger partial charge in [0, 0.05) is 30.2 Å². The molecule has 2 aromatic carbocycles. The predicted molar refractivity (Wildman–Crippen MR) is 130 cm³/mol. The number of rotatable bonds is 6. The molecule has 2 aliphatic heterocycles. The van der Waals surface area contributed by atoms with Crippen molar-refractivity contribution in [3.63, 3.8) is 0 Å². The van der Waals surface area contributed by atoms with Gasteiger partial charge in [-0.1, -0.05) is 48.5 Å². The minimum atomic E-state index is -0.149. The first-order chi connectivity index (χ1) is 16.0. The number of nitrogens with zero attached hydrogens (tertiary/aromatic N) is 3. The normalized spacial score (nSPS) is 17.1. The highest BCUT2D eigenvalue weighted by molar-refractivity contribution is 6.22. The molecule has 5 nitrogen and oxygen atoms in total. The van der Waals surface area contributed by atoms with E-state index in [-0.39, 0.29) is 11.8 Å². The molecule has 170 valence electrons. The van der Waals surface area contributed by atoms with Gasteiger partial charge in [0.1, 0.15) is 0 Å². The largest absolute Gasteiger partial charge is 0.317 e. The number of amides is 2. The summed E-state index contributed by atoms with van der Waals surface area (Å²) in [6.45, 7) is 7.13. The summed E-state index contributed by atoms with van der Waals surface area (Å²) in [5, 5.41) is 0. The minimum absolute atomic E-state index is 0.149. The van der Waals surface area contributed by atoms with Crippen LogP contribution >= 0.6 is 0 Å². The summed E-state index contributed by atoms with van der Waals surface area (Å²) in [7, 11) is 0. The molecule has 33 heavy (non-hydrogen) atoms. The highest BCUT2D eigenvalue weighted by atomic mass is 16.2. The van der Waals surface area contributed by atoms with Gasteiger partial charge in [0.15, 0.2) is 0 Å². The summed E-state index contributed by atoms with van der Waals surface area (Å²) >= 11 is 0. The van der Waals surface area contributed by atoms with Crippen LogP contribution in [0.4, 0.5) is 0 Å². The number of benzene rings is 2. The van der Waals surface area contributed by atoms with Gasteiger partial charge in [-0.2, -0.15) is 0 Å². The predicted octanol–water partition coefficient (Wildman–Crippen LogP) is 4.64. The van der Waals surface area contributed by atoms with Gasteiger partial charge in [-0.05, 0) is 69.8 Å². The van der Waals surface area contributed by atoms with E-state index in [1.807, 2.05) is 48.7 Å². The molecule has 5 rings (SSSR count). The van der Waals surface area contributed by atoms with Crippen molar-refractivity contribution in [2.75, 3.05) is 26.2 Å². The first-order valence-corrected chi connectivity index (χ1v) is 11.9. The molecule has 5 heteroatoms. The molecule has 2 aliphatic rings. The zero-order chi connectivity index (χ0) is 22.9. The van der Waals surface area contributed by atoms with Crippen LogP contribution in [0.3, 0.4) is 0 Å². The zero-order valence-electron chi connectivity index (χ0n) is 19.5. The standard InChI is InChI=1S/C28H31N3O2/c1-20-25-26(21(2)31(20)24-11-7-4-8-12-24)28(33)30(27(25)32)18-17-29-15-13-23(14-16-29)19-22-9-5-3-6-10-22/h3-12,23H,13-19H2,1-2H3. The summed E-state index contributed by atoms with van der Waals surface area (Å²) in [5.41, 5.74) is 5.22. The maximum atomic E-state index is 13.2. The Hall–Kier alpha value is -3.18. The summed E-state index contributed by atoms with van der Waals surface area (Å²) in [4.78, 5) is 30.3. The Morgan fingerprint density at radius 3 is 1.88 bits per heavy atom. The lowest BCUT2D eigenvalue weighted by Crippen LogP contribution is -2.42. The summed E-state index contributed by atoms with van der Waals surface area (Å²) in [5.74, 6) is 0.413. The first kappa shape index (κ1) is 21.7. The Morgan fingerprint density at radius 1 is 0.758 bits per heavy atom. The number of imide groups is 1. The van der Waals surface area contributed by atoms with Gasteiger partial charge < -0.3 is 9.47 Å². The topological polar surface area (TPSA) is 45.6 Å². The molecule has 3 heterocycles. The van der Waals surface area contributed by atoms with Crippen LogP contribution in [0.2, 0.25) is 0 Å². The average Bonchev–Trinajstić information content (AvgIpc) is 3.25. The quantitative estimate of drug-likeness (QED) is 0.524. The van der Waals surface area contributed by atoms with Crippen molar-refractivity contribution < 1.29 is 9.59 Å². The number of hydrogen-bond donors (Lipinski definition) is 0. The van der Waals surface area contributed by atoms with E-state index in [0.717, 1.165) is 56.0 Å². The van der Waals surface area contributed by atoms with E-state index in [1.54, 1.807) is 0 Å². The Bertz CT molecular complexity index is 1120. The number of piperidine rings is 1. The second-order valence-corrected chi connectivity index (χ2v) is 9.33. The lowest BCUT2D eigenvalue weighted by molar-refractivity contribution is 0.0624. The smallest absolute Gasteiger partial charge is 0.263 e. The molecule has 0 saturated carbocycles. The van der Waals surface area contributed by atoms with Crippen LogP contribution in [0.25, 0.3) is 5.69 Å². The molecule has 0 radical (unpaired) electrons. The molecule has 0 unspecified atom stereocenters. The van der Waals surface area contributed by atoms with Crippen molar-refractivity contribution in [3.8, 4) is 5.69 Å². The van der Waals surface area contributed by atoms with Crippen LogP contribution in [-0.4, -0.2) is 52.4 Å².